The Balaban J connectivity index is 1.26. The topological polar surface area (TPSA) is 79.8 Å². The van der Waals surface area contributed by atoms with Gasteiger partial charge in [0.05, 0.1) is 25.7 Å². The minimum absolute atomic E-state index is 0.0453. The van der Waals surface area contributed by atoms with Crippen molar-refractivity contribution in [3.63, 3.8) is 0 Å². The maximum atomic E-state index is 12.8. The summed E-state index contributed by atoms with van der Waals surface area (Å²) in [4.78, 5) is 17.2. The number of benzene rings is 1. The predicted octanol–water partition coefficient (Wildman–Crippen LogP) is 3.02. The molecule has 8 nitrogen and oxygen atoms in total. The van der Waals surface area contributed by atoms with Gasteiger partial charge in [-0.1, -0.05) is 25.5 Å². The van der Waals surface area contributed by atoms with Crippen LogP contribution in [-0.2, 0) is 16.1 Å². The molecule has 0 saturated carbocycles. The van der Waals surface area contributed by atoms with E-state index >= 15 is 0 Å². The number of morpholine rings is 1. The van der Waals surface area contributed by atoms with Gasteiger partial charge in [0, 0.05) is 32.7 Å². The lowest BCUT2D eigenvalue weighted by atomic mass is 9.97. The number of hydrogen-bond acceptors (Lipinski definition) is 7. The summed E-state index contributed by atoms with van der Waals surface area (Å²) in [5, 5.41) is 12.0. The molecule has 0 spiro atoms. The SMILES string of the molecule is CCCCOc1ccc(CNC(=O)[C@@H]2CCCN(c3ccc(N4CCOCC4)nn3)C2)cc1. The molecule has 3 heterocycles. The first kappa shape index (κ1) is 23.3. The molecule has 0 bridgehead atoms. The smallest absolute Gasteiger partial charge is 0.225 e. The largest absolute Gasteiger partial charge is 0.494 e. The highest BCUT2D eigenvalue weighted by atomic mass is 16.5. The summed E-state index contributed by atoms with van der Waals surface area (Å²) in [7, 11) is 0. The van der Waals surface area contributed by atoms with Gasteiger partial charge in [-0.05, 0) is 49.1 Å². The maximum Gasteiger partial charge on any atom is 0.225 e. The van der Waals surface area contributed by atoms with Gasteiger partial charge in [0.2, 0.25) is 5.91 Å². The van der Waals surface area contributed by atoms with Crippen molar-refractivity contribution >= 4 is 17.5 Å². The molecule has 33 heavy (non-hydrogen) atoms. The first-order valence-electron chi connectivity index (χ1n) is 12.1. The summed E-state index contributed by atoms with van der Waals surface area (Å²) >= 11 is 0. The first-order chi connectivity index (χ1) is 16.2. The predicted molar refractivity (Wildman–Crippen MR) is 129 cm³/mol. The average Bonchev–Trinajstić information content (AvgIpc) is 2.89. The van der Waals surface area contributed by atoms with Crippen molar-refractivity contribution < 1.29 is 14.3 Å². The third-order valence-electron chi connectivity index (χ3n) is 6.24. The number of nitrogens with one attached hydrogen (secondary N) is 1. The van der Waals surface area contributed by atoms with Gasteiger partial charge in [-0.3, -0.25) is 4.79 Å². The second kappa shape index (κ2) is 11.8. The molecule has 4 rings (SSSR count). The fourth-order valence-electron chi connectivity index (χ4n) is 4.22. The van der Waals surface area contributed by atoms with Gasteiger partial charge in [0.25, 0.3) is 0 Å². The Kier molecular flexibility index (Phi) is 8.35. The number of ether oxygens (including phenoxy) is 2. The maximum absolute atomic E-state index is 12.8. The van der Waals surface area contributed by atoms with E-state index in [2.05, 4.69) is 32.2 Å². The van der Waals surface area contributed by atoms with Crippen molar-refractivity contribution in [2.75, 3.05) is 55.8 Å². The van der Waals surface area contributed by atoms with Crippen LogP contribution in [0.3, 0.4) is 0 Å². The molecule has 1 atom stereocenters. The molecule has 1 aromatic carbocycles. The molecule has 8 heteroatoms. The summed E-state index contributed by atoms with van der Waals surface area (Å²) in [6.45, 7) is 8.12. The quantitative estimate of drug-likeness (QED) is 0.585. The van der Waals surface area contributed by atoms with E-state index in [1.165, 1.54) is 0 Å². The third kappa shape index (κ3) is 6.57. The van der Waals surface area contributed by atoms with Crippen LogP contribution in [0.25, 0.3) is 0 Å². The molecule has 2 aromatic rings. The normalized spacial score (nSPS) is 18.8. The van der Waals surface area contributed by atoms with E-state index in [9.17, 15) is 4.79 Å². The lowest BCUT2D eigenvalue weighted by Gasteiger charge is -2.33. The van der Waals surface area contributed by atoms with Crippen molar-refractivity contribution in [2.24, 2.45) is 5.92 Å². The van der Waals surface area contributed by atoms with Crippen LogP contribution in [0.5, 0.6) is 5.75 Å². The molecule has 0 aliphatic carbocycles. The summed E-state index contributed by atoms with van der Waals surface area (Å²) < 4.78 is 11.1. The zero-order chi connectivity index (χ0) is 22.9. The van der Waals surface area contributed by atoms with Crippen LogP contribution in [-0.4, -0.2) is 62.1 Å². The fourth-order valence-corrected chi connectivity index (χ4v) is 4.22. The number of aromatic nitrogens is 2. The van der Waals surface area contributed by atoms with Crippen LogP contribution in [0.2, 0.25) is 0 Å². The van der Waals surface area contributed by atoms with E-state index in [0.717, 1.165) is 88.1 Å². The highest BCUT2D eigenvalue weighted by molar-refractivity contribution is 5.79. The minimum atomic E-state index is -0.0453. The van der Waals surface area contributed by atoms with Crippen LogP contribution < -0.4 is 19.9 Å². The van der Waals surface area contributed by atoms with Crippen molar-refractivity contribution in [1.29, 1.82) is 0 Å². The van der Waals surface area contributed by atoms with Crippen molar-refractivity contribution in [3.05, 3.63) is 42.0 Å². The Hall–Kier alpha value is -2.87. The standard InChI is InChI=1S/C25H35N5O3/c1-2-3-15-33-22-8-6-20(7-9-22)18-26-25(31)21-5-4-12-30(19-21)24-11-10-23(27-28-24)29-13-16-32-17-14-29/h6-11,21H,2-5,12-19H2,1H3,(H,26,31)/t21-/m1/s1. The summed E-state index contributed by atoms with van der Waals surface area (Å²) in [6.07, 6.45) is 4.04. The molecule has 1 aromatic heterocycles. The number of piperidine rings is 1. The van der Waals surface area contributed by atoms with E-state index in [4.69, 9.17) is 9.47 Å². The van der Waals surface area contributed by atoms with Gasteiger partial charge in [-0.15, -0.1) is 10.2 Å². The molecule has 0 radical (unpaired) electrons. The summed E-state index contributed by atoms with van der Waals surface area (Å²) in [5.41, 5.74) is 1.07. The van der Waals surface area contributed by atoms with Gasteiger partial charge in [-0.2, -0.15) is 0 Å². The van der Waals surface area contributed by atoms with E-state index in [-0.39, 0.29) is 11.8 Å². The van der Waals surface area contributed by atoms with Crippen LogP contribution >= 0.6 is 0 Å². The Morgan fingerprint density at radius 3 is 2.48 bits per heavy atom. The van der Waals surface area contributed by atoms with Crippen LogP contribution in [0, 0.1) is 5.92 Å². The van der Waals surface area contributed by atoms with Crippen LogP contribution in [0.1, 0.15) is 38.2 Å². The van der Waals surface area contributed by atoms with Crippen LogP contribution in [0.15, 0.2) is 36.4 Å². The number of carbonyl (C=O) groups is 1. The van der Waals surface area contributed by atoms with E-state index in [1.54, 1.807) is 0 Å². The number of rotatable bonds is 9. The Bertz CT molecular complexity index is 869. The molecule has 0 unspecified atom stereocenters. The van der Waals surface area contributed by atoms with Crippen LogP contribution in [0.4, 0.5) is 11.6 Å². The third-order valence-corrected chi connectivity index (χ3v) is 6.24. The highest BCUT2D eigenvalue weighted by Gasteiger charge is 2.27. The molecule has 2 saturated heterocycles. The molecular formula is C25H35N5O3. The Morgan fingerprint density at radius 2 is 1.79 bits per heavy atom. The Labute approximate surface area is 196 Å². The average molecular weight is 454 g/mol. The van der Waals surface area contributed by atoms with Gasteiger partial charge >= 0.3 is 0 Å². The number of anilines is 2. The number of hydrogen-bond donors (Lipinski definition) is 1. The van der Waals surface area contributed by atoms with Gasteiger partial charge < -0.3 is 24.6 Å². The number of amides is 1. The zero-order valence-corrected chi connectivity index (χ0v) is 19.5. The molecule has 1 N–H and O–H groups in total. The van der Waals surface area contributed by atoms with E-state index < -0.39 is 0 Å². The first-order valence-corrected chi connectivity index (χ1v) is 12.1. The molecule has 2 aliphatic heterocycles. The highest BCUT2D eigenvalue weighted by Crippen LogP contribution is 2.23. The minimum Gasteiger partial charge on any atom is -0.494 e. The number of unbranched alkanes of at least 4 members (excludes halogenated alkanes) is 1. The number of nitrogens with zero attached hydrogens (tertiary/aromatic N) is 4. The van der Waals surface area contributed by atoms with E-state index in [1.807, 2.05) is 36.4 Å². The zero-order valence-electron chi connectivity index (χ0n) is 19.5. The lowest BCUT2D eigenvalue weighted by molar-refractivity contribution is -0.125. The van der Waals surface area contributed by atoms with Crippen molar-refractivity contribution in [2.45, 2.75) is 39.2 Å². The summed E-state index contributed by atoms with van der Waals surface area (Å²) in [6, 6.07) is 12.0. The molecule has 2 fully saturated rings. The monoisotopic (exact) mass is 453 g/mol. The molecule has 1 amide bonds. The van der Waals surface area contributed by atoms with E-state index in [0.29, 0.717) is 13.1 Å². The number of carbonyl (C=O) groups excluding carboxylic acids is 1. The second-order valence-electron chi connectivity index (χ2n) is 8.70. The van der Waals surface area contributed by atoms with Gasteiger partial charge in [0.1, 0.15) is 5.75 Å². The van der Waals surface area contributed by atoms with Crippen molar-refractivity contribution in [3.8, 4) is 5.75 Å². The molecular weight excluding hydrogens is 418 g/mol. The van der Waals surface area contributed by atoms with Gasteiger partial charge in [0.15, 0.2) is 11.6 Å². The van der Waals surface area contributed by atoms with Crippen molar-refractivity contribution in [1.82, 2.24) is 15.5 Å². The second-order valence-corrected chi connectivity index (χ2v) is 8.70. The van der Waals surface area contributed by atoms with Gasteiger partial charge in [-0.25, -0.2) is 0 Å². The molecule has 178 valence electrons. The Morgan fingerprint density at radius 1 is 1.06 bits per heavy atom. The summed E-state index contributed by atoms with van der Waals surface area (Å²) in [5.74, 6) is 2.65. The fraction of sp³-hybridized carbons (Fsp3) is 0.560. The molecule has 2 aliphatic rings. The lowest BCUT2D eigenvalue weighted by Crippen LogP contribution is -2.43.